The number of amidine groups is 1. The average Bonchev–Trinajstić information content (AvgIpc) is 3.25. The quantitative estimate of drug-likeness (QED) is 0.397. The van der Waals surface area contributed by atoms with Crippen LogP contribution >= 0.6 is 11.6 Å². The molecule has 3 aromatic rings. The Kier molecular flexibility index (Phi) is 7.13. The standard InChI is InChI=1S/C26H25ClN4O3/c1-17-16-21(13-14-22(17)31-15-5-8-23(31)28)29-25(32)24(18-6-3-2-4-7-18)34-26(33)30-20-11-9-19(27)10-12-20/h2-4,6-7,9-14,16,24,28H,5,8,15H2,1H3,(H,29,32)(H,30,33)/t24-/m1/s1. The van der Waals surface area contributed by atoms with Crippen molar-refractivity contribution in [3.05, 3.63) is 88.9 Å². The highest BCUT2D eigenvalue weighted by Crippen LogP contribution is 2.28. The van der Waals surface area contributed by atoms with E-state index in [2.05, 4.69) is 10.6 Å². The van der Waals surface area contributed by atoms with Gasteiger partial charge in [-0.1, -0.05) is 41.9 Å². The molecule has 0 radical (unpaired) electrons. The van der Waals surface area contributed by atoms with Crippen LogP contribution in [0, 0.1) is 12.3 Å². The summed E-state index contributed by atoms with van der Waals surface area (Å²) < 4.78 is 5.52. The third kappa shape index (κ3) is 5.55. The lowest BCUT2D eigenvalue weighted by Crippen LogP contribution is -2.28. The number of carbonyl (C=O) groups is 2. The molecule has 0 aliphatic carbocycles. The first-order valence-electron chi connectivity index (χ1n) is 11.0. The van der Waals surface area contributed by atoms with E-state index >= 15 is 0 Å². The van der Waals surface area contributed by atoms with Gasteiger partial charge >= 0.3 is 6.09 Å². The average molecular weight is 477 g/mol. The minimum atomic E-state index is -1.15. The lowest BCUT2D eigenvalue weighted by atomic mass is 10.1. The molecule has 1 aliphatic heterocycles. The van der Waals surface area contributed by atoms with Crippen molar-refractivity contribution in [2.24, 2.45) is 0 Å². The number of aryl methyl sites for hydroxylation is 1. The molecule has 34 heavy (non-hydrogen) atoms. The summed E-state index contributed by atoms with van der Waals surface area (Å²) in [7, 11) is 0. The minimum Gasteiger partial charge on any atom is -0.431 e. The number of nitrogens with one attached hydrogen (secondary N) is 3. The van der Waals surface area contributed by atoms with Crippen LogP contribution in [0.15, 0.2) is 72.8 Å². The lowest BCUT2D eigenvalue weighted by molar-refractivity contribution is -0.124. The lowest BCUT2D eigenvalue weighted by Gasteiger charge is -2.22. The van der Waals surface area contributed by atoms with E-state index in [1.807, 2.05) is 30.0 Å². The smallest absolute Gasteiger partial charge is 0.412 e. The molecule has 2 amide bonds. The second kappa shape index (κ2) is 10.4. The predicted octanol–water partition coefficient (Wildman–Crippen LogP) is 6.15. The first-order valence-corrected chi connectivity index (χ1v) is 11.3. The largest absolute Gasteiger partial charge is 0.431 e. The van der Waals surface area contributed by atoms with E-state index in [9.17, 15) is 9.59 Å². The van der Waals surface area contributed by atoms with E-state index < -0.39 is 18.1 Å². The maximum atomic E-state index is 13.2. The van der Waals surface area contributed by atoms with E-state index in [-0.39, 0.29) is 0 Å². The first-order chi connectivity index (χ1) is 16.4. The number of carbonyl (C=O) groups excluding carboxylic acids is 2. The molecule has 0 aromatic heterocycles. The van der Waals surface area contributed by atoms with Crippen LogP contribution in [-0.2, 0) is 9.53 Å². The van der Waals surface area contributed by atoms with Crippen molar-refractivity contribution in [2.75, 3.05) is 22.1 Å². The summed E-state index contributed by atoms with van der Waals surface area (Å²) in [4.78, 5) is 27.7. The number of hydrogen-bond acceptors (Lipinski definition) is 4. The molecule has 1 heterocycles. The Balaban J connectivity index is 1.49. The third-order valence-corrected chi connectivity index (χ3v) is 5.78. The minimum absolute atomic E-state index is 0.474. The van der Waals surface area contributed by atoms with Crippen LogP contribution in [0.4, 0.5) is 21.9 Å². The Morgan fingerprint density at radius 3 is 2.35 bits per heavy atom. The number of rotatable bonds is 6. The highest BCUT2D eigenvalue weighted by molar-refractivity contribution is 6.30. The molecule has 4 rings (SSSR count). The number of ether oxygens (including phenoxy) is 1. The summed E-state index contributed by atoms with van der Waals surface area (Å²) >= 11 is 5.89. The van der Waals surface area contributed by atoms with Crippen molar-refractivity contribution in [2.45, 2.75) is 25.9 Å². The van der Waals surface area contributed by atoms with Gasteiger partial charge < -0.3 is 15.0 Å². The van der Waals surface area contributed by atoms with Crippen molar-refractivity contribution in [3.63, 3.8) is 0 Å². The van der Waals surface area contributed by atoms with Gasteiger partial charge in [-0.25, -0.2) is 4.79 Å². The fourth-order valence-electron chi connectivity index (χ4n) is 3.87. The second-order valence-electron chi connectivity index (χ2n) is 8.02. The molecular weight excluding hydrogens is 452 g/mol. The van der Waals surface area contributed by atoms with Crippen LogP contribution < -0.4 is 15.5 Å². The Bertz CT molecular complexity index is 1200. The van der Waals surface area contributed by atoms with Gasteiger partial charge in [-0.3, -0.25) is 15.5 Å². The van der Waals surface area contributed by atoms with Gasteiger partial charge in [0.2, 0.25) is 6.10 Å². The SMILES string of the molecule is Cc1cc(NC(=O)[C@H](OC(=O)Nc2ccc(Cl)cc2)c2ccccc2)ccc1N1CCCC1=N. The molecule has 0 bridgehead atoms. The molecule has 0 spiro atoms. The zero-order valence-electron chi connectivity index (χ0n) is 18.7. The van der Waals surface area contributed by atoms with Crippen molar-refractivity contribution < 1.29 is 14.3 Å². The maximum Gasteiger partial charge on any atom is 0.412 e. The number of anilines is 3. The van der Waals surface area contributed by atoms with Gasteiger partial charge in [0.1, 0.15) is 5.84 Å². The van der Waals surface area contributed by atoms with Gasteiger partial charge in [-0.2, -0.15) is 0 Å². The van der Waals surface area contributed by atoms with Crippen LogP contribution in [-0.4, -0.2) is 24.4 Å². The molecule has 7 nitrogen and oxygen atoms in total. The topological polar surface area (TPSA) is 94.5 Å². The molecule has 1 fully saturated rings. The Morgan fingerprint density at radius 1 is 1.00 bits per heavy atom. The molecule has 0 saturated carbocycles. The Hall–Kier alpha value is -3.84. The third-order valence-electron chi connectivity index (χ3n) is 5.53. The molecule has 3 aromatic carbocycles. The van der Waals surface area contributed by atoms with Crippen LogP contribution in [0.25, 0.3) is 0 Å². The molecule has 174 valence electrons. The van der Waals surface area contributed by atoms with E-state index in [0.717, 1.165) is 30.6 Å². The first kappa shape index (κ1) is 23.3. The van der Waals surface area contributed by atoms with Crippen molar-refractivity contribution in [3.8, 4) is 0 Å². The van der Waals surface area contributed by atoms with E-state index in [0.29, 0.717) is 27.8 Å². The van der Waals surface area contributed by atoms with Crippen molar-refractivity contribution in [1.82, 2.24) is 0 Å². The fraction of sp³-hybridized carbons (Fsp3) is 0.192. The molecule has 1 atom stereocenters. The van der Waals surface area contributed by atoms with Crippen LogP contribution in [0.1, 0.15) is 30.1 Å². The summed E-state index contributed by atoms with van der Waals surface area (Å²) in [5, 5.41) is 14.1. The normalized spacial score (nSPS) is 13.9. The van der Waals surface area contributed by atoms with E-state index in [4.69, 9.17) is 21.7 Å². The summed E-state index contributed by atoms with van der Waals surface area (Å²) in [6.07, 6.45) is -0.178. The molecule has 8 heteroatoms. The number of hydrogen-bond donors (Lipinski definition) is 3. The number of nitrogens with zero attached hydrogens (tertiary/aromatic N) is 1. The second-order valence-corrected chi connectivity index (χ2v) is 8.46. The Morgan fingerprint density at radius 2 is 1.71 bits per heavy atom. The Labute approximate surface area is 203 Å². The zero-order valence-corrected chi connectivity index (χ0v) is 19.4. The van der Waals surface area contributed by atoms with Crippen LogP contribution in [0.2, 0.25) is 5.02 Å². The predicted molar refractivity (Wildman–Crippen MR) is 135 cm³/mol. The van der Waals surface area contributed by atoms with Gasteiger partial charge in [0.25, 0.3) is 5.91 Å². The van der Waals surface area contributed by atoms with Crippen LogP contribution in [0.5, 0.6) is 0 Å². The highest BCUT2D eigenvalue weighted by atomic mass is 35.5. The highest BCUT2D eigenvalue weighted by Gasteiger charge is 2.26. The van der Waals surface area contributed by atoms with Crippen molar-refractivity contribution in [1.29, 1.82) is 5.41 Å². The van der Waals surface area contributed by atoms with Gasteiger partial charge in [-0.15, -0.1) is 0 Å². The van der Waals surface area contributed by atoms with E-state index in [1.165, 1.54) is 0 Å². The summed E-state index contributed by atoms with van der Waals surface area (Å²) in [5.74, 6) is 0.127. The molecule has 1 saturated heterocycles. The summed E-state index contributed by atoms with van der Waals surface area (Å²) in [6, 6.07) is 21.0. The van der Waals surface area contributed by atoms with Gasteiger partial charge in [-0.05, 0) is 61.4 Å². The number of halogens is 1. The van der Waals surface area contributed by atoms with Gasteiger partial charge in [0, 0.05) is 40.6 Å². The van der Waals surface area contributed by atoms with Gasteiger partial charge in [0.05, 0.1) is 0 Å². The molecule has 0 unspecified atom stereocenters. The summed E-state index contributed by atoms with van der Waals surface area (Å²) in [5.41, 5.74) is 3.53. The van der Waals surface area contributed by atoms with Crippen molar-refractivity contribution >= 4 is 46.5 Å². The maximum absolute atomic E-state index is 13.2. The molecule has 1 aliphatic rings. The zero-order chi connectivity index (χ0) is 24.1. The molecule has 3 N–H and O–H groups in total. The molecular formula is C26H25ClN4O3. The number of benzene rings is 3. The van der Waals surface area contributed by atoms with Gasteiger partial charge in [0.15, 0.2) is 0 Å². The monoisotopic (exact) mass is 476 g/mol. The summed E-state index contributed by atoms with van der Waals surface area (Å²) in [6.45, 7) is 2.76. The van der Waals surface area contributed by atoms with E-state index in [1.54, 1.807) is 54.6 Å². The van der Waals surface area contributed by atoms with Crippen LogP contribution in [0.3, 0.4) is 0 Å². The number of amides is 2. The fourth-order valence-corrected chi connectivity index (χ4v) is 4.00.